The Labute approximate surface area is 131 Å². The van der Waals surface area contributed by atoms with Gasteiger partial charge in [0.2, 0.25) is 10.0 Å². The number of hydrogen-bond donors (Lipinski definition) is 1. The number of sulfonamides is 1. The lowest BCUT2D eigenvalue weighted by Gasteiger charge is -2.37. The van der Waals surface area contributed by atoms with Gasteiger partial charge in [0.15, 0.2) is 0 Å². The van der Waals surface area contributed by atoms with E-state index >= 15 is 0 Å². The van der Waals surface area contributed by atoms with Gasteiger partial charge in [-0.05, 0) is 25.5 Å². The van der Waals surface area contributed by atoms with E-state index in [0.717, 1.165) is 0 Å². The maximum absolute atomic E-state index is 12.7. The summed E-state index contributed by atoms with van der Waals surface area (Å²) in [7, 11) is -2.21. The summed E-state index contributed by atoms with van der Waals surface area (Å²) < 4.78 is 31.7. The second-order valence-corrected chi connectivity index (χ2v) is 7.42. The normalized spacial score (nSPS) is 23.2. The van der Waals surface area contributed by atoms with Crippen LogP contribution in [0.3, 0.4) is 0 Å². The van der Waals surface area contributed by atoms with Gasteiger partial charge in [0.1, 0.15) is 0 Å². The van der Waals surface area contributed by atoms with E-state index in [0.29, 0.717) is 24.2 Å². The van der Waals surface area contributed by atoms with E-state index in [1.807, 2.05) is 13.8 Å². The minimum atomic E-state index is -3.50. The van der Waals surface area contributed by atoms with Gasteiger partial charge in [0.05, 0.1) is 18.4 Å². The summed E-state index contributed by atoms with van der Waals surface area (Å²) in [6, 6.07) is 6.63. The predicted octanol–water partition coefficient (Wildman–Crippen LogP) is 0.985. The van der Waals surface area contributed by atoms with E-state index < -0.39 is 16.0 Å². The Hall–Kier alpha value is -1.44. The van der Waals surface area contributed by atoms with Gasteiger partial charge in [-0.1, -0.05) is 18.2 Å². The summed E-state index contributed by atoms with van der Waals surface area (Å²) in [6.07, 6.45) is 0. The van der Waals surface area contributed by atoms with Crippen molar-refractivity contribution in [2.24, 2.45) is 0 Å². The number of ether oxygens (including phenoxy) is 1. The highest BCUT2D eigenvalue weighted by atomic mass is 32.2. The molecule has 0 radical (unpaired) electrons. The molecule has 1 N–H and O–H groups in total. The average molecular weight is 326 g/mol. The third-order valence-corrected chi connectivity index (χ3v) is 6.00. The van der Waals surface area contributed by atoms with Gasteiger partial charge in [-0.15, -0.1) is 0 Å². The molecule has 0 saturated carbocycles. The van der Waals surface area contributed by atoms with Gasteiger partial charge in [-0.2, -0.15) is 4.31 Å². The number of piperazine rings is 1. The van der Waals surface area contributed by atoms with Crippen molar-refractivity contribution in [2.75, 3.05) is 20.2 Å². The number of nitrogens with zero attached hydrogens (tertiary/aromatic N) is 1. The molecule has 1 saturated heterocycles. The highest BCUT2D eigenvalue weighted by Crippen LogP contribution is 2.20. The molecule has 1 heterocycles. The molecule has 2 rings (SSSR count). The number of esters is 1. The topological polar surface area (TPSA) is 75.7 Å². The summed E-state index contributed by atoms with van der Waals surface area (Å²) in [5.74, 6) is -0.720. The zero-order valence-electron chi connectivity index (χ0n) is 13.1. The van der Waals surface area contributed by atoms with Gasteiger partial charge in [0, 0.05) is 25.2 Å². The first-order valence-electron chi connectivity index (χ1n) is 7.26. The van der Waals surface area contributed by atoms with Gasteiger partial charge in [-0.25, -0.2) is 13.2 Å². The van der Waals surface area contributed by atoms with Crippen molar-refractivity contribution in [1.82, 2.24) is 9.62 Å². The molecule has 0 bridgehead atoms. The highest BCUT2D eigenvalue weighted by molar-refractivity contribution is 7.88. The monoisotopic (exact) mass is 326 g/mol. The minimum Gasteiger partial charge on any atom is -0.465 e. The van der Waals surface area contributed by atoms with E-state index in [1.54, 1.807) is 24.3 Å². The van der Waals surface area contributed by atoms with Crippen LogP contribution in [0.5, 0.6) is 0 Å². The van der Waals surface area contributed by atoms with Crippen molar-refractivity contribution < 1.29 is 17.9 Å². The van der Waals surface area contributed by atoms with Crippen molar-refractivity contribution in [3.8, 4) is 0 Å². The number of carbonyl (C=O) groups excluding carboxylic acids is 1. The summed E-state index contributed by atoms with van der Waals surface area (Å²) in [4.78, 5) is 11.8. The number of methoxy groups -OCH3 is 1. The minimum absolute atomic E-state index is 0.0966. The zero-order valence-corrected chi connectivity index (χ0v) is 13.9. The van der Waals surface area contributed by atoms with Crippen LogP contribution in [0.2, 0.25) is 0 Å². The van der Waals surface area contributed by atoms with Crippen molar-refractivity contribution in [2.45, 2.75) is 31.7 Å². The van der Waals surface area contributed by atoms with Crippen LogP contribution in [0.4, 0.5) is 0 Å². The lowest BCUT2D eigenvalue weighted by Crippen LogP contribution is -2.57. The fourth-order valence-electron chi connectivity index (χ4n) is 2.65. The Morgan fingerprint density at radius 2 is 2.05 bits per heavy atom. The quantitative estimate of drug-likeness (QED) is 0.835. The molecule has 0 aromatic heterocycles. The lowest BCUT2D eigenvalue weighted by atomic mass is 10.1. The van der Waals surface area contributed by atoms with Crippen LogP contribution in [0.25, 0.3) is 0 Å². The zero-order chi connectivity index (χ0) is 16.3. The summed E-state index contributed by atoms with van der Waals surface area (Å²) in [5.41, 5.74) is 0.761. The fourth-order valence-corrected chi connectivity index (χ4v) is 4.52. The second kappa shape index (κ2) is 6.76. The maximum Gasteiger partial charge on any atom is 0.338 e. The molecular formula is C15H22N2O4S. The highest BCUT2D eigenvalue weighted by Gasteiger charge is 2.33. The molecule has 22 heavy (non-hydrogen) atoms. The lowest BCUT2D eigenvalue weighted by molar-refractivity contribution is 0.0600. The molecule has 1 aromatic rings. The summed E-state index contributed by atoms with van der Waals surface area (Å²) in [6.45, 7) is 4.92. The predicted molar refractivity (Wildman–Crippen MR) is 84.0 cm³/mol. The maximum atomic E-state index is 12.7. The number of benzene rings is 1. The van der Waals surface area contributed by atoms with Crippen molar-refractivity contribution in [3.63, 3.8) is 0 Å². The Bertz CT molecular complexity index is 645. The van der Waals surface area contributed by atoms with Crippen LogP contribution < -0.4 is 5.32 Å². The molecule has 0 spiro atoms. The van der Waals surface area contributed by atoms with Gasteiger partial charge >= 0.3 is 5.97 Å². The molecule has 7 heteroatoms. The van der Waals surface area contributed by atoms with Gasteiger partial charge in [0.25, 0.3) is 0 Å². The van der Waals surface area contributed by atoms with Crippen LogP contribution >= 0.6 is 0 Å². The van der Waals surface area contributed by atoms with Crippen LogP contribution in [-0.2, 0) is 20.5 Å². The SMILES string of the molecule is COC(=O)c1ccccc1CS(=O)(=O)N1CCNC(C)C1C. The van der Waals surface area contributed by atoms with Crippen molar-refractivity contribution >= 4 is 16.0 Å². The molecule has 1 aliphatic rings. The van der Waals surface area contributed by atoms with Crippen LogP contribution in [0.15, 0.2) is 24.3 Å². The van der Waals surface area contributed by atoms with Crippen LogP contribution in [0, 0.1) is 0 Å². The molecule has 1 fully saturated rings. The van der Waals surface area contributed by atoms with E-state index in [1.165, 1.54) is 11.4 Å². The molecule has 2 atom stereocenters. The third kappa shape index (κ3) is 3.48. The first kappa shape index (κ1) is 16.9. The van der Waals surface area contributed by atoms with E-state index in [2.05, 4.69) is 5.32 Å². The van der Waals surface area contributed by atoms with E-state index in [9.17, 15) is 13.2 Å². The molecule has 1 aliphatic heterocycles. The molecule has 122 valence electrons. The first-order chi connectivity index (χ1) is 10.4. The largest absolute Gasteiger partial charge is 0.465 e. The van der Waals surface area contributed by atoms with Gasteiger partial charge < -0.3 is 10.1 Å². The smallest absolute Gasteiger partial charge is 0.338 e. The number of nitrogens with one attached hydrogen (secondary N) is 1. The number of carbonyl (C=O) groups is 1. The number of rotatable bonds is 4. The Morgan fingerprint density at radius 1 is 1.36 bits per heavy atom. The van der Waals surface area contributed by atoms with Crippen LogP contribution in [0.1, 0.15) is 29.8 Å². The molecule has 1 aromatic carbocycles. The van der Waals surface area contributed by atoms with E-state index in [-0.39, 0.29) is 17.8 Å². The first-order valence-corrected chi connectivity index (χ1v) is 8.87. The molecule has 6 nitrogen and oxygen atoms in total. The second-order valence-electron chi connectivity index (χ2n) is 5.50. The Kier molecular flexibility index (Phi) is 5.20. The third-order valence-electron chi connectivity index (χ3n) is 4.09. The molecular weight excluding hydrogens is 304 g/mol. The number of hydrogen-bond acceptors (Lipinski definition) is 5. The summed E-state index contributed by atoms with van der Waals surface area (Å²) in [5, 5.41) is 3.26. The standard InChI is InChI=1S/C15H22N2O4S/c1-11-12(2)17(9-8-16-11)22(19,20)10-13-6-4-5-7-14(13)15(18)21-3/h4-7,11-12,16H,8-10H2,1-3H3. The van der Waals surface area contributed by atoms with E-state index in [4.69, 9.17) is 4.74 Å². The fraction of sp³-hybridized carbons (Fsp3) is 0.533. The average Bonchev–Trinajstić information content (AvgIpc) is 2.49. The molecule has 2 unspecified atom stereocenters. The Morgan fingerprint density at radius 3 is 2.73 bits per heavy atom. The molecule has 0 aliphatic carbocycles. The Balaban J connectivity index is 2.28. The van der Waals surface area contributed by atoms with Gasteiger partial charge in [-0.3, -0.25) is 0 Å². The summed E-state index contributed by atoms with van der Waals surface area (Å²) >= 11 is 0. The van der Waals surface area contributed by atoms with Crippen molar-refractivity contribution in [3.05, 3.63) is 35.4 Å². The molecule has 0 amide bonds. The van der Waals surface area contributed by atoms with Crippen LogP contribution in [-0.4, -0.2) is 51.0 Å². The van der Waals surface area contributed by atoms with Crippen molar-refractivity contribution in [1.29, 1.82) is 0 Å².